The van der Waals surface area contributed by atoms with Gasteiger partial charge in [0.25, 0.3) is 5.91 Å². The van der Waals surface area contributed by atoms with E-state index < -0.39 is 35.1 Å². The van der Waals surface area contributed by atoms with Crippen molar-refractivity contribution in [3.05, 3.63) is 47.6 Å². The van der Waals surface area contributed by atoms with Crippen molar-refractivity contribution in [3.8, 4) is 0 Å². The van der Waals surface area contributed by atoms with Gasteiger partial charge in [0, 0.05) is 6.07 Å². The van der Waals surface area contributed by atoms with E-state index in [0.717, 1.165) is 6.39 Å². The van der Waals surface area contributed by atoms with Crippen LogP contribution in [0.5, 0.6) is 0 Å². The molecule has 1 atom stereocenters. The number of alkyl halides is 2. The standard InChI is InChI=1S/C12H9F4N3O2/c1-6(10-17-5-21-19-10)18-11(20)12(15,16)8-3-2-7(13)4-9(8)14/h2-6H,1H3,(H,18,20). The maximum absolute atomic E-state index is 13.9. The molecule has 1 aromatic heterocycles. The minimum atomic E-state index is -4.17. The van der Waals surface area contributed by atoms with Gasteiger partial charge in [-0.15, -0.1) is 0 Å². The number of aromatic nitrogens is 2. The van der Waals surface area contributed by atoms with Gasteiger partial charge in [-0.25, -0.2) is 8.78 Å². The van der Waals surface area contributed by atoms with Gasteiger partial charge >= 0.3 is 5.92 Å². The Labute approximate surface area is 116 Å². The van der Waals surface area contributed by atoms with Crippen LogP contribution in [0.25, 0.3) is 0 Å². The van der Waals surface area contributed by atoms with Crippen LogP contribution in [0.2, 0.25) is 0 Å². The molecule has 0 spiro atoms. The van der Waals surface area contributed by atoms with Crippen molar-refractivity contribution in [2.45, 2.75) is 18.9 Å². The SMILES string of the molecule is CC(NC(=O)C(F)(F)c1ccc(F)cc1F)c1ncon1. The molecule has 0 aliphatic heterocycles. The van der Waals surface area contributed by atoms with E-state index >= 15 is 0 Å². The lowest BCUT2D eigenvalue weighted by Gasteiger charge is -2.19. The van der Waals surface area contributed by atoms with Crippen molar-refractivity contribution in [2.75, 3.05) is 0 Å². The molecule has 1 unspecified atom stereocenters. The molecule has 1 N–H and O–H groups in total. The minimum absolute atomic E-state index is 0.0151. The number of benzene rings is 1. The summed E-state index contributed by atoms with van der Waals surface area (Å²) in [5, 5.41) is 5.31. The first-order valence-electron chi connectivity index (χ1n) is 5.73. The summed E-state index contributed by atoms with van der Waals surface area (Å²) >= 11 is 0. The normalized spacial score (nSPS) is 13.0. The number of carbonyl (C=O) groups excluding carboxylic acids is 1. The average molecular weight is 303 g/mol. The van der Waals surface area contributed by atoms with E-state index in [0.29, 0.717) is 12.1 Å². The molecule has 112 valence electrons. The summed E-state index contributed by atoms with van der Waals surface area (Å²) < 4.78 is 58.3. The number of halogens is 4. The van der Waals surface area contributed by atoms with Crippen molar-refractivity contribution >= 4 is 5.91 Å². The first kappa shape index (κ1) is 14.9. The molecule has 5 nitrogen and oxygen atoms in total. The van der Waals surface area contributed by atoms with Gasteiger partial charge in [0.05, 0.1) is 11.6 Å². The Hall–Kier alpha value is -2.45. The number of nitrogens with one attached hydrogen (secondary N) is 1. The van der Waals surface area contributed by atoms with E-state index in [9.17, 15) is 22.4 Å². The Morgan fingerprint density at radius 1 is 1.38 bits per heavy atom. The highest BCUT2D eigenvalue weighted by Gasteiger charge is 2.44. The summed E-state index contributed by atoms with van der Waals surface area (Å²) in [7, 11) is 0. The van der Waals surface area contributed by atoms with E-state index in [1.807, 2.05) is 5.32 Å². The third-order valence-corrected chi connectivity index (χ3v) is 2.67. The molecular weight excluding hydrogens is 294 g/mol. The first-order chi connectivity index (χ1) is 9.82. The lowest BCUT2D eigenvalue weighted by molar-refractivity contribution is -0.148. The molecule has 1 heterocycles. The van der Waals surface area contributed by atoms with Gasteiger partial charge in [0.1, 0.15) is 11.6 Å². The summed E-state index contributed by atoms with van der Waals surface area (Å²) in [6, 6.07) is 0.468. The van der Waals surface area contributed by atoms with Crippen LogP contribution < -0.4 is 5.32 Å². The molecule has 0 aliphatic carbocycles. The third kappa shape index (κ3) is 3.01. The van der Waals surface area contributed by atoms with Gasteiger partial charge in [-0.1, -0.05) is 5.16 Å². The second-order valence-corrected chi connectivity index (χ2v) is 4.18. The second kappa shape index (κ2) is 5.51. The molecule has 0 saturated heterocycles. The molecule has 1 amide bonds. The van der Waals surface area contributed by atoms with Crippen LogP contribution >= 0.6 is 0 Å². The molecule has 1 aromatic carbocycles. The third-order valence-electron chi connectivity index (χ3n) is 2.67. The Bertz CT molecular complexity index is 646. The van der Waals surface area contributed by atoms with Gasteiger partial charge in [-0.05, 0) is 19.1 Å². The molecule has 0 saturated carbocycles. The predicted molar refractivity (Wildman–Crippen MR) is 61.1 cm³/mol. The lowest BCUT2D eigenvalue weighted by atomic mass is 10.1. The molecule has 0 fully saturated rings. The van der Waals surface area contributed by atoms with Crippen LogP contribution in [0.1, 0.15) is 24.4 Å². The average Bonchev–Trinajstić information content (AvgIpc) is 2.91. The maximum atomic E-state index is 13.9. The molecule has 21 heavy (non-hydrogen) atoms. The number of rotatable bonds is 4. The summed E-state index contributed by atoms with van der Waals surface area (Å²) in [6.07, 6.45) is 0.968. The Balaban J connectivity index is 2.20. The highest BCUT2D eigenvalue weighted by molar-refractivity contribution is 5.85. The minimum Gasteiger partial charge on any atom is -0.343 e. The highest BCUT2D eigenvalue weighted by Crippen LogP contribution is 2.31. The van der Waals surface area contributed by atoms with Crippen molar-refractivity contribution in [1.29, 1.82) is 0 Å². The van der Waals surface area contributed by atoms with E-state index in [-0.39, 0.29) is 11.9 Å². The Morgan fingerprint density at radius 2 is 2.10 bits per heavy atom. The van der Waals surface area contributed by atoms with Crippen molar-refractivity contribution < 1.29 is 26.9 Å². The van der Waals surface area contributed by atoms with Gasteiger partial charge in [0.2, 0.25) is 6.39 Å². The maximum Gasteiger partial charge on any atom is 0.352 e. The predicted octanol–water partition coefficient (Wildman–Crippen LogP) is 2.32. The topological polar surface area (TPSA) is 68.0 Å². The fourth-order valence-electron chi connectivity index (χ4n) is 1.59. The zero-order valence-electron chi connectivity index (χ0n) is 10.6. The zero-order chi connectivity index (χ0) is 15.6. The van der Waals surface area contributed by atoms with Gasteiger partial charge in [-0.3, -0.25) is 4.79 Å². The van der Waals surface area contributed by atoms with E-state index in [2.05, 4.69) is 14.7 Å². The van der Waals surface area contributed by atoms with Crippen LogP contribution in [0.4, 0.5) is 17.6 Å². The monoisotopic (exact) mass is 303 g/mol. The number of amides is 1. The van der Waals surface area contributed by atoms with Crippen LogP contribution in [0.3, 0.4) is 0 Å². The smallest absolute Gasteiger partial charge is 0.343 e. The van der Waals surface area contributed by atoms with Crippen LogP contribution in [-0.2, 0) is 10.7 Å². The molecule has 0 aliphatic rings. The summed E-state index contributed by atoms with van der Waals surface area (Å²) in [5.41, 5.74) is -1.22. The van der Waals surface area contributed by atoms with E-state index in [4.69, 9.17) is 0 Å². The van der Waals surface area contributed by atoms with Crippen molar-refractivity contribution in [2.24, 2.45) is 0 Å². The highest BCUT2D eigenvalue weighted by atomic mass is 19.3. The second-order valence-electron chi connectivity index (χ2n) is 4.18. The summed E-state index contributed by atoms with van der Waals surface area (Å²) in [5.74, 6) is -8.48. The molecule has 2 aromatic rings. The summed E-state index contributed by atoms with van der Waals surface area (Å²) in [4.78, 5) is 15.2. The molecule has 0 radical (unpaired) electrons. The molecule has 2 rings (SSSR count). The van der Waals surface area contributed by atoms with E-state index in [1.165, 1.54) is 6.92 Å². The molecular formula is C12H9F4N3O2. The summed E-state index contributed by atoms with van der Waals surface area (Å²) in [6.45, 7) is 1.35. The number of hydrogen-bond donors (Lipinski definition) is 1. The number of nitrogens with zero attached hydrogens (tertiary/aromatic N) is 2. The lowest BCUT2D eigenvalue weighted by Crippen LogP contribution is -2.40. The van der Waals surface area contributed by atoms with E-state index in [1.54, 1.807) is 0 Å². The fourth-order valence-corrected chi connectivity index (χ4v) is 1.59. The van der Waals surface area contributed by atoms with Gasteiger partial charge in [-0.2, -0.15) is 13.8 Å². The van der Waals surface area contributed by atoms with Crippen molar-refractivity contribution in [1.82, 2.24) is 15.5 Å². The molecule has 9 heteroatoms. The fraction of sp³-hybridized carbons (Fsp3) is 0.250. The van der Waals surface area contributed by atoms with Crippen molar-refractivity contribution in [3.63, 3.8) is 0 Å². The number of carbonyl (C=O) groups is 1. The zero-order valence-corrected chi connectivity index (χ0v) is 10.6. The molecule has 0 bridgehead atoms. The number of hydrogen-bond acceptors (Lipinski definition) is 4. The van der Waals surface area contributed by atoms with Gasteiger partial charge in [0.15, 0.2) is 5.82 Å². The Morgan fingerprint density at radius 3 is 2.67 bits per heavy atom. The van der Waals surface area contributed by atoms with Crippen LogP contribution in [-0.4, -0.2) is 16.0 Å². The quantitative estimate of drug-likeness (QED) is 0.880. The first-order valence-corrected chi connectivity index (χ1v) is 5.73. The van der Waals surface area contributed by atoms with Crippen LogP contribution in [0, 0.1) is 11.6 Å². The largest absolute Gasteiger partial charge is 0.352 e. The Kier molecular flexibility index (Phi) is 3.92. The van der Waals surface area contributed by atoms with Crippen LogP contribution in [0.15, 0.2) is 29.1 Å². The van der Waals surface area contributed by atoms with Gasteiger partial charge < -0.3 is 9.84 Å².